The van der Waals surface area contributed by atoms with Crippen LogP contribution in [0.3, 0.4) is 0 Å². The zero-order chi connectivity index (χ0) is 45.3. The van der Waals surface area contributed by atoms with Gasteiger partial charge in [0.15, 0.2) is 4.34 Å². The number of aromatic amines is 1. The van der Waals surface area contributed by atoms with Gasteiger partial charge in [0.25, 0.3) is 5.91 Å². The molecule has 2 aromatic carbocycles. The summed E-state index contributed by atoms with van der Waals surface area (Å²) in [4.78, 5) is 64.5. The molecule has 6 heterocycles. The number of carbonyl (C=O) groups is 3. The van der Waals surface area contributed by atoms with Gasteiger partial charge in [0.1, 0.15) is 17.8 Å². The van der Waals surface area contributed by atoms with E-state index in [1.54, 1.807) is 42.6 Å². The second kappa shape index (κ2) is 21.3. The fourth-order valence-electron chi connectivity index (χ4n) is 8.44. The number of rotatable bonds is 18. The molecule has 342 valence electrons. The molecule has 16 nitrogen and oxygen atoms in total. The highest BCUT2D eigenvalue weighted by Gasteiger charge is 2.39. The predicted molar refractivity (Wildman–Crippen MR) is 255 cm³/mol. The van der Waals surface area contributed by atoms with Crippen LogP contribution in [0, 0.1) is 6.92 Å². The third kappa shape index (κ3) is 11.5. The summed E-state index contributed by atoms with van der Waals surface area (Å²) >= 11 is 9.15. The van der Waals surface area contributed by atoms with Crippen molar-refractivity contribution in [3.05, 3.63) is 106 Å². The number of halogens is 1. The van der Waals surface area contributed by atoms with E-state index in [1.807, 2.05) is 52.2 Å². The number of nitrogens with zero attached hydrogens (tertiary/aromatic N) is 10. The van der Waals surface area contributed by atoms with Crippen LogP contribution < -0.4 is 16.0 Å². The number of aromatic nitrogens is 7. The van der Waals surface area contributed by atoms with Gasteiger partial charge >= 0.3 is 0 Å². The van der Waals surface area contributed by atoms with E-state index in [4.69, 9.17) is 17.3 Å². The van der Waals surface area contributed by atoms with Crippen LogP contribution in [0.1, 0.15) is 77.5 Å². The summed E-state index contributed by atoms with van der Waals surface area (Å²) in [7, 11) is 1.79. The van der Waals surface area contributed by atoms with Crippen molar-refractivity contribution in [2.45, 2.75) is 73.5 Å². The van der Waals surface area contributed by atoms with Crippen molar-refractivity contribution < 1.29 is 14.4 Å². The number of aryl methyl sites for hydroxylation is 1. The number of carbonyl (C=O) groups excluding carboxylic acids is 3. The predicted octanol–water partition coefficient (Wildman–Crippen LogP) is 6.27. The van der Waals surface area contributed by atoms with Gasteiger partial charge in [-0.05, 0) is 86.1 Å². The lowest BCUT2D eigenvalue weighted by Gasteiger charge is -2.39. The quantitative estimate of drug-likeness (QED) is 0.0649. The number of H-pyrrole nitrogens is 1. The van der Waals surface area contributed by atoms with E-state index < -0.39 is 5.54 Å². The first-order valence-electron chi connectivity index (χ1n) is 22.2. The number of imidazole rings is 1. The van der Waals surface area contributed by atoms with Gasteiger partial charge in [-0.3, -0.25) is 19.3 Å². The summed E-state index contributed by atoms with van der Waals surface area (Å²) in [6.45, 7) is 7.50. The zero-order valence-corrected chi connectivity index (χ0v) is 39.3. The summed E-state index contributed by atoms with van der Waals surface area (Å²) in [5, 5.41) is 13.7. The van der Waals surface area contributed by atoms with Gasteiger partial charge in [-0.1, -0.05) is 59.3 Å². The number of thioether (sulfide) groups is 1. The highest BCUT2D eigenvalue weighted by Crippen LogP contribution is 2.31. The number of amides is 3. The van der Waals surface area contributed by atoms with Gasteiger partial charge in [0.05, 0.1) is 23.3 Å². The lowest BCUT2D eigenvalue weighted by Crippen LogP contribution is -2.60. The van der Waals surface area contributed by atoms with Crippen LogP contribution in [0.25, 0.3) is 16.7 Å². The maximum atomic E-state index is 13.9. The molecule has 8 rings (SSSR count). The molecule has 3 amide bonds. The highest BCUT2D eigenvalue weighted by atomic mass is 35.5. The molecule has 1 atom stereocenters. The van der Waals surface area contributed by atoms with Crippen molar-refractivity contribution in [2.24, 2.45) is 5.73 Å². The second-order valence-electron chi connectivity index (χ2n) is 16.9. The molecule has 0 bridgehead atoms. The van der Waals surface area contributed by atoms with Crippen LogP contribution in [-0.2, 0) is 15.3 Å². The Morgan fingerprint density at radius 3 is 2.55 bits per heavy atom. The van der Waals surface area contributed by atoms with Crippen LogP contribution in [0.4, 0.5) is 5.82 Å². The van der Waals surface area contributed by atoms with Crippen LogP contribution >= 0.6 is 34.7 Å². The SMILES string of the molecule is Cc1cc(-n2ccnc2)ccc1CSc1nnc(C(=O)N(C)CCCCCC(=O)N2CCN(CC[C@H](NC(=O)C3(N)CCN(c4ncnc5[nH]ccc45)CC3)c3ccc(Cl)cc3)CC2)s1. The van der Waals surface area contributed by atoms with Crippen molar-refractivity contribution in [1.82, 2.24) is 54.7 Å². The minimum atomic E-state index is -1.01. The van der Waals surface area contributed by atoms with Gasteiger partial charge in [0.2, 0.25) is 16.8 Å². The van der Waals surface area contributed by atoms with Crippen LogP contribution in [0.5, 0.6) is 0 Å². The fraction of sp³-hybridized carbons (Fsp3) is 0.435. The van der Waals surface area contributed by atoms with E-state index in [2.05, 4.69) is 70.4 Å². The number of benzene rings is 2. The minimum Gasteiger partial charge on any atom is -0.356 e. The van der Waals surface area contributed by atoms with Crippen molar-refractivity contribution in [3.8, 4) is 5.69 Å². The summed E-state index contributed by atoms with van der Waals surface area (Å²) in [6.07, 6.45) is 13.4. The number of unbranched alkanes of at least 4 members (excludes halogenated alkanes) is 2. The van der Waals surface area contributed by atoms with Crippen molar-refractivity contribution in [3.63, 3.8) is 0 Å². The number of nitrogens with one attached hydrogen (secondary N) is 2. The van der Waals surface area contributed by atoms with E-state index in [0.717, 1.165) is 77.1 Å². The Kier molecular flexibility index (Phi) is 15.1. The molecule has 0 aliphatic carbocycles. The Labute approximate surface area is 392 Å². The average molecular weight is 939 g/mol. The van der Waals surface area contributed by atoms with Gasteiger partial charge in [-0.15, -0.1) is 10.2 Å². The van der Waals surface area contributed by atoms with Crippen molar-refractivity contribution >= 4 is 69.3 Å². The molecule has 4 N–H and O–H groups in total. The van der Waals surface area contributed by atoms with Crippen LogP contribution in [0.15, 0.2) is 84.1 Å². The first-order valence-corrected chi connectivity index (χ1v) is 24.4. The normalized spacial score (nSPS) is 15.9. The largest absolute Gasteiger partial charge is 0.356 e. The maximum Gasteiger partial charge on any atom is 0.284 e. The molecule has 2 saturated heterocycles. The summed E-state index contributed by atoms with van der Waals surface area (Å²) in [5.41, 5.74) is 11.0. The molecule has 65 heavy (non-hydrogen) atoms. The molecule has 2 aliphatic heterocycles. The standard InChI is InChI=1S/C46H56ClN13O3S2/c1-32-28-36(60-23-18-49-31-60)12-9-34(32)29-64-45-55-54-42(65-45)43(62)56(2)19-5-3-4-6-39(61)58-26-24-57(25-27-58)20-14-38(33-7-10-35(47)11-8-33)53-44(63)46(48)15-21-59(22-16-46)41-37-13-17-50-40(37)51-30-52-41/h7-13,17-18,23,28,30-31,38H,3-6,14-16,19-22,24-27,29,48H2,1-2H3,(H,53,63)(H,50,51,52)/t38-/m0/s1. The van der Waals surface area contributed by atoms with E-state index in [-0.39, 0.29) is 23.8 Å². The Hall–Kier alpha value is -5.40. The third-order valence-corrected chi connectivity index (χ3v) is 14.9. The first kappa shape index (κ1) is 46.1. The molecule has 6 aromatic rings. The lowest BCUT2D eigenvalue weighted by atomic mass is 9.87. The van der Waals surface area contributed by atoms with Crippen LogP contribution in [0.2, 0.25) is 5.02 Å². The summed E-state index contributed by atoms with van der Waals surface area (Å²) in [5.74, 6) is 1.46. The summed E-state index contributed by atoms with van der Waals surface area (Å²) < 4.78 is 2.74. The first-order chi connectivity index (χ1) is 31.5. The molecular weight excluding hydrogens is 882 g/mol. The molecular formula is C46H56ClN13O3S2. The number of anilines is 1. The minimum absolute atomic E-state index is 0.135. The zero-order valence-electron chi connectivity index (χ0n) is 36.9. The van der Waals surface area contributed by atoms with E-state index in [1.165, 1.54) is 22.5 Å². The highest BCUT2D eigenvalue weighted by molar-refractivity contribution is 8.00. The molecule has 0 saturated carbocycles. The van der Waals surface area contributed by atoms with Gasteiger partial charge in [0, 0.05) is 101 Å². The number of hydrogen-bond donors (Lipinski definition) is 3. The molecule has 19 heteroatoms. The number of piperazine rings is 1. The third-order valence-electron chi connectivity index (χ3n) is 12.6. The van der Waals surface area contributed by atoms with E-state index >= 15 is 0 Å². The maximum absolute atomic E-state index is 13.9. The lowest BCUT2D eigenvalue weighted by molar-refractivity contribution is -0.133. The Balaban J connectivity index is 0.728. The second-order valence-corrected chi connectivity index (χ2v) is 19.6. The Bertz CT molecular complexity index is 2530. The van der Waals surface area contributed by atoms with Gasteiger partial charge in [-0.25, -0.2) is 15.0 Å². The van der Waals surface area contributed by atoms with Crippen molar-refractivity contribution in [2.75, 3.05) is 64.3 Å². The molecule has 0 spiro atoms. The number of fused-ring (bicyclic) bond motifs is 1. The Morgan fingerprint density at radius 2 is 1.80 bits per heavy atom. The summed E-state index contributed by atoms with van der Waals surface area (Å²) in [6, 6.07) is 15.7. The molecule has 4 aromatic heterocycles. The number of hydrogen-bond acceptors (Lipinski definition) is 13. The smallest absolute Gasteiger partial charge is 0.284 e. The topological polar surface area (TPSA) is 187 Å². The molecule has 0 unspecified atom stereocenters. The van der Waals surface area contributed by atoms with Gasteiger partial charge in [-0.2, -0.15) is 0 Å². The number of piperidine rings is 1. The van der Waals surface area contributed by atoms with E-state index in [0.29, 0.717) is 68.4 Å². The molecule has 2 aliphatic rings. The van der Waals surface area contributed by atoms with E-state index in [9.17, 15) is 14.4 Å². The van der Waals surface area contributed by atoms with Gasteiger partial charge < -0.3 is 35.3 Å². The van der Waals surface area contributed by atoms with Crippen molar-refractivity contribution in [1.29, 1.82) is 0 Å². The Morgan fingerprint density at radius 1 is 1.00 bits per heavy atom. The van der Waals surface area contributed by atoms with Crippen LogP contribution in [-0.4, -0.2) is 132 Å². The fourth-order valence-corrected chi connectivity index (χ4v) is 10.5. The molecule has 0 radical (unpaired) electrons. The monoisotopic (exact) mass is 937 g/mol. The molecule has 2 fully saturated rings. The number of nitrogens with two attached hydrogens (primary N) is 1. The average Bonchev–Trinajstić information content (AvgIpc) is 4.14.